The van der Waals surface area contributed by atoms with E-state index in [1.54, 1.807) is 0 Å². The average molecular weight is 206 g/mol. The molecule has 0 bridgehead atoms. The third kappa shape index (κ3) is 6.34. The second-order valence-electron chi connectivity index (χ2n) is 5.31. The van der Waals surface area contributed by atoms with Gasteiger partial charge in [-0.3, -0.25) is 0 Å². The van der Waals surface area contributed by atoms with Gasteiger partial charge >= 0.3 is 0 Å². The maximum absolute atomic E-state index is 3.47. The Bertz CT molecular complexity index is 123. The number of hydrogen-bond donors (Lipinski definition) is 1. The number of piperidine rings is 1. The molecule has 1 unspecified atom stereocenters. The van der Waals surface area contributed by atoms with Crippen LogP contribution in [0.1, 0.15) is 46.5 Å². The van der Waals surface area contributed by atoms with Crippen LogP contribution in [0.5, 0.6) is 0 Å². The first-order chi connectivity index (χ1) is 5.58. The highest BCUT2D eigenvalue weighted by Crippen LogP contribution is 2.26. The molecule has 1 atom stereocenters. The quantitative estimate of drug-likeness (QED) is 0.730. The lowest BCUT2D eigenvalue weighted by Crippen LogP contribution is -2.30. The van der Waals surface area contributed by atoms with Crippen LogP contribution >= 0.6 is 12.4 Å². The molecular formula is C11H24ClN. The Morgan fingerprint density at radius 2 is 2.00 bits per heavy atom. The third-order valence-electron chi connectivity index (χ3n) is 2.70. The van der Waals surface area contributed by atoms with Gasteiger partial charge in [0.05, 0.1) is 0 Å². The molecule has 0 aromatic carbocycles. The average Bonchev–Trinajstić information content (AvgIpc) is 2.02. The molecule has 1 rings (SSSR count). The van der Waals surface area contributed by atoms with Gasteiger partial charge in [-0.25, -0.2) is 0 Å². The van der Waals surface area contributed by atoms with Crippen LogP contribution in [0.25, 0.3) is 0 Å². The zero-order valence-corrected chi connectivity index (χ0v) is 10.0. The lowest BCUT2D eigenvalue weighted by atomic mass is 9.84. The minimum absolute atomic E-state index is 0. The number of hydrogen-bond acceptors (Lipinski definition) is 1. The molecule has 1 fully saturated rings. The van der Waals surface area contributed by atoms with E-state index >= 15 is 0 Å². The SMILES string of the molecule is CC(C)(C)CCC1CCCNC1.Cl. The first-order valence-corrected chi connectivity index (χ1v) is 5.29. The summed E-state index contributed by atoms with van der Waals surface area (Å²) in [4.78, 5) is 0. The zero-order chi connectivity index (χ0) is 9.03. The highest BCUT2D eigenvalue weighted by molar-refractivity contribution is 5.85. The molecule has 0 aromatic heterocycles. The van der Waals surface area contributed by atoms with Gasteiger partial charge in [0.2, 0.25) is 0 Å². The number of nitrogens with one attached hydrogen (secondary N) is 1. The highest BCUT2D eigenvalue weighted by Gasteiger charge is 2.16. The van der Waals surface area contributed by atoms with Gasteiger partial charge in [0, 0.05) is 0 Å². The zero-order valence-electron chi connectivity index (χ0n) is 9.23. The Kier molecular flexibility index (Phi) is 5.98. The minimum Gasteiger partial charge on any atom is -0.316 e. The summed E-state index contributed by atoms with van der Waals surface area (Å²) in [5.41, 5.74) is 0.525. The topological polar surface area (TPSA) is 12.0 Å². The second kappa shape index (κ2) is 5.87. The summed E-state index contributed by atoms with van der Waals surface area (Å²) in [6.45, 7) is 9.51. The molecule has 2 heteroatoms. The van der Waals surface area contributed by atoms with E-state index in [0.717, 1.165) is 5.92 Å². The molecular weight excluding hydrogens is 182 g/mol. The lowest BCUT2D eigenvalue weighted by molar-refractivity contribution is 0.285. The van der Waals surface area contributed by atoms with Gasteiger partial charge in [-0.2, -0.15) is 0 Å². The number of halogens is 1. The smallest absolute Gasteiger partial charge is 0.00205 e. The fraction of sp³-hybridized carbons (Fsp3) is 1.00. The molecule has 0 spiro atoms. The molecule has 13 heavy (non-hydrogen) atoms. The van der Waals surface area contributed by atoms with Crippen molar-refractivity contribution in [2.75, 3.05) is 13.1 Å². The van der Waals surface area contributed by atoms with Gasteiger partial charge in [-0.15, -0.1) is 12.4 Å². The Morgan fingerprint density at radius 3 is 2.46 bits per heavy atom. The van der Waals surface area contributed by atoms with E-state index in [9.17, 15) is 0 Å². The summed E-state index contributed by atoms with van der Waals surface area (Å²) >= 11 is 0. The molecule has 0 aliphatic carbocycles. The maximum Gasteiger partial charge on any atom is -0.00205 e. The van der Waals surface area contributed by atoms with Crippen molar-refractivity contribution in [1.82, 2.24) is 5.32 Å². The molecule has 0 amide bonds. The summed E-state index contributed by atoms with van der Waals surface area (Å²) in [7, 11) is 0. The summed E-state index contributed by atoms with van der Waals surface area (Å²) in [6.07, 6.45) is 5.62. The normalized spacial score (nSPS) is 23.8. The lowest BCUT2D eigenvalue weighted by Gasteiger charge is -2.26. The van der Waals surface area contributed by atoms with Gasteiger partial charge in [0.15, 0.2) is 0 Å². The fourth-order valence-corrected chi connectivity index (χ4v) is 1.81. The Morgan fingerprint density at radius 1 is 1.31 bits per heavy atom. The van der Waals surface area contributed by atoms with Crippen LogP contribution in [0, 0.1) is 11.3 Å². The minimum atomic E-state index is 0. The maximum atomic E-state index is 3.47. The van der Waals surface area contributed by atoms with Gasteiger partial charge in [-0.1, -0.05) is 20.8 Å². The monoisotopic (exact) mass is 205 g/mol. The molecule has 1 nitrogen and oxygen atoms in total. The highest BCUT2D eigenvalue weighted by atomic mass is 35.5. The van der Waals surface area contributed by atoms with Crippen LogP contribution in [0.2, 0.25) is 0 Å². The standard InChI is InChI=1S/C11H23N.ClH/c1-11(2,3)7-6-10-5-4-8-12-9-10;/h10,12H,4-9H2,1-3H3;1H. The van der Waals surface area contributed by atoms with Crippen LogP contribution < -0.4 is 5.32 Å². The van der Waals surface area contributed by atoms with Crippen molar-refractivity contribution in [3.63, 3.8) is 0 Å². The van der Waals surface area contributed by atoms with E-state index in [1.807, 2.05) is 0 Å². The molecule has 1 N–H and O–H groups in total. The molecule has 0 aromatic rings. The summed E-state index contributed by atoms with van der Waals surface area (Å²) in [5.74, 6) is 0.956. The molecule has 0 saturated carbocycles. The summed E-state index contributed by atoms with van der Waals surface area (Å²) in [5, 5.41) is 3.47. The van der Waals surface area contributed by atoms with Crippen molar-refractivity contribution < 1.29 is 0 Å². The van der Waals surface area contributed by atoms with E-state index in [2.05, 4.69) is 26.1 Å². The predicted octanol–water partition coefficient (Wildman–Crippen LogP) is 3.23. The summed E-state index contributed by atoms with van der Waals surface area (Å²) < 4.78 is 0. The van der Waals surface area contributed by atoms with E-state index in [1.165, 1.54) is 38.8 Å². The second-order valence-corrected chi connectivity index (χ2v) is 5.31. The van der Waals surface area contributed by atoms with E-state index < -0.39 is 0 Å². The van der Waals surface area contributed by atoms with Crippen LogP contribution in [-0.2, 0) is 0 Å². The third-order valence-corrected chi connectivity index (χ3v) is 2.70. The first-order valence-electron chi connectivity index (χ1n) is 5.29. The predicted molar refractivity (Wildman–Crippen MR) is 61.5 cm³/mol. The molecule has 0 radical (unpaired) electrons. The Labute approximate surface area is 89.1 Å². The van der Waals surface area contributed by atoms with Gasteiger partial charge in [0.1, 0.15) is 0 Å². The van der Waals surface area contributed by atoms with Crippen molar-refractivity contribution >= 4 is 12.4 Å². The van der Waals surface area contributed by atoms with Gasteiger partial charge in [0.25, 0.3) is 0 Å². The number of rotatable bonds is 2. The molecule has 1 aliphatic heterocycles. The van der Waals surface area contributed by atoms with Crippen molar-refractivity contribution in [2.24, 2.45) is 11.3 Å². The van der Waals surface area contributed by atoms with Crippen LogP contribution in [0.15, 0.2) is 0 Å². The molecule has 80 valence electrons. The van der Waals surface area contributed by atoms with Crippen LogP contribution in [0.4, 0.5) is 0 Å². The van der Waals surface area contributed by atoms with Crippen molar-refractivity contribution in [3.05, 3.63) is 0 Å². The van der Waals surface area contributed by atoms with Crippen molar-refractivity contribution in [1.29, 1.82) is 0 Å². The van der Waals surface area contributed by atoms with Crippen molar-refractivity contribution in [2.45, 2.75) is 46.5 Å². The van der Waals surface area contributed by atoms with Gasteiger partial charge < -0.3 is 5.32 Å². The molecule has 1 heterocycles. The van der Waals surface area contributed by atoms with Crippen LogP contribution in [0.3, 0.4) is 0 Å². The fourth-order valence-electron chi connectivity index (χ4n) is 1.81. The first kappa shape index (κ1) is 13.2. The van der Waals surface area contributed by atoms with Crippen LogP contribution in [-0.4, -0.2) is 13.1 Å². The molecule has 1 aliphatic rings. The Hall–Kier alpha value is 0.250. The van der Waals surface area contributed by atoms with E-state index in [0.29, 0.717) is 5.41 Å². The largest absolute Gasteiger partial charge is 0.316 e. The van der Waals surface area contributed by atoms with E-state index in [-0.39, 0.29) is 12.4 Å². The Balaban J connectivity index is 0.00000144. The van der Waals surface area contributed by atoms with Gasteiger partial charge in [-0.05, 0) is 50.1 Å². The van der Waals surface area contributed by atoms with Crippen molar-refractivity contribution in [3.8, 4) is 0 Å². The molecule has 1 saturated heterocycles. The summed E-state index contributed by atoms with van der Waals surface area (Å²) in [6, 6.07) is 0. The van der Waals surface area contributed by atoms with E-state index in [4.69, 9.17) is 0 Å².